The molecular formula is C28H24BrN3O3S. The Labute approximate surface area is 223 Å². The van der Waals surface area contributed by atoms with Crippen LogP contribution in [0.3, 0.4) is 0 Å². The minimum Gasteiger partial charge on any atom is -0.496 e. The number of hydrogen-bond acceptors (Lipinski definition) is 4. The number of anilines is 2. The fourth-order valence-corrected chi connectivity index (χ4v) is 4.62. The number of ether oxygens (including phenoxy) is 1. The van der Waals surface area contributed by atoms with Crippen molar-refractivity contribution in [1.82, 2.24) is 5.32 Å². The van der Waals surface area contributed by atoms with E-state index in [4.69, 9.17) is 17.0 Å². The average Bonchev–Trinajstić information content (AvgIpc) is 2.89. The van der Waals surface area contributed by atoms with Crippen molar-refractivity contribution >= 4 is 67.2 Å². The van der Waals surface area contributed by atoms with Gasteiger partial charge in [0.2, 0.25) is 0 Å². The Hall–Kier alpha value is -3.75. The standard InChI is InChI=1S/C28H24BrN3O3S/c1-3-32(24-10-6-8-18-7-4-5-9-22(18)24)27(34)19-11-14-21(15-12-19)30-28(36)31-26(33)20-13-16-25(35-2)23(29)17-20/h4-17H,3H2,1-2H3,(H2,30,31,33,36). The average molecular weight is 562 g/mol. The Morgan fingerprint density at radius 2 is 1.64 bits per heavy atom. The molecule has 0 atom stereocenters. The van der Waals surface area contributed by atoms with Gasteiger partial charge in [0.15, 0.2) is 5.11 Å². The summed E-state index contributed by atoms with van der Waals surface area (Å²) in [5.41, 5.74) is 2.51. The van der Waals surface area contributed by atoms with E-state index in [0.29, 0.717) is 33.6 Å². The smallest absolute Gasteiger partial charge is 0.258 e. The summed E-state index contributed by atoms with van der Waals surface area (Å²) in [6, 6.07) is 26.0. The monoisotopic (exact) mass is 561 g/mol. The number of amides is 2. The molecule has 4 aromatic carbocycles. The molecule has 0 spiro atoms. The fourth-order valence-electron chi connectivity index (χ4n) is 3.86. The first-order chi connectivity index (χ1) is 17.4. The van der Waals surface area contributed by atoms with Gasteiger partial charge in [0, 0.05) is 28.7 Å². The number of thiocarbonyl (C=S) groups is 1. The number of fused-ring (bicyclic) bond motifs is 1. The van der Waals surface area contributed by atoms with Gasteiger partial charge in [-0.05, 0) is 89.0 Å². The molecule has 2 amide bonds. The summed E-state index contributed by atoms with van der Waals surface area (Å²) in [7, 11) is 1.56. The molecular weight excluding hydrogens is 538 g/mol. The topological polar surface area (TPSA) is 70.7 Å². The fraction of sp³-hybridized carbons (Fsp3) is 0.107. The molecule has 0 bridgehead atoms. The molecule has 0 radical (unpaired) electrons. The van der Waals surface area contributed by atoms with Crippen molar-refractivity contribution in [3.05, 3.63) is 101 Å². The number of nitrogens with zero attached hydrogens (tertiary/aromatic N) is 1. The Morgan fingerprint density at radius 3 is 2.33 bits per heavy atom. The highest BCUT2D eigenvalue weighted by atomic mass is 79.9. The summed E-state index contributed by atoms with van der Waals surface area (Å²) in [5.74, 6) is 0.182. The van der Waals surface area contributed by atoms with Crippen molar-refractivity contribution in [3.8, 4) is 5.75 Å². The van der Waals surface area contributed by atoms with Gasteiger partial charge < -0.3 is 15.0 Å². The van der Waals surface area contributed by atoms with Crippen LogP contribution in [0.15, 0.2) is 89.4 Å². The zero-order valence-corrected chi connectivity index (χ0v) is 22.2. The number of methoxy groups -OCH3 is 1. The first-order valence-electron chi connectivity index (χ1n) is 11.3. The van der Waals surface area contributed by atoms with Crippen LogP contribution in [0.2, 0.25) is 0 Å². The molecule has 0 saturated carbocycles. The molecule has 0 aliphatic heterocycles. The van der Waals surface area contributed by atoms with Gasteiger partial charge >= 0.3 is 0 Å². The maximum Gasteiger partial charge on any atom is 0.258 e. The van der Waals surface area contributed by atoms with Gasteiger partial charge in [-0.1, -0.05) is 36.4 Å². The van der Waals surface area contributed by atoms with E-state index >= 15 is 0 Å². The summed E-state index contributed by atoms with van der Waals surface area (Å²) < 4.78 is 5.86. The van der Waals surface area contributed by atoms with E-state index in [1.807, 2.05) is 49.4 Å². The second-order valence-electron chi connectivity index (χ2n) is 7.88. The number of rotatable bonds is 6. The van der Waals surface area contributed by atoms with Gasteiger partial charge in [0.05, 0.1) is 17.3 Å². The third-order valence-corrected chi connectivity index (χ3v) is 6.47. The quantitative estimate of drug-likeness (QED) is 0.266. The van der Waals surface area contributed by atoms with E-state index in [0.717, 1.165) is 16.5 Å². The lowest BCUT2D eigenvalue weighted by atomic mass is 10.1. The van der Waals surface area contributed by atoms with Crippen molar-refractivity contribution in [3.63, 3.8) is 0 Å². The SMILES string of the molecule is CCN(C(=O)c1ccc(NC(=S)NC(=O)c2ccc(OC)c(Br)c2)cc1)c1cccc2ccccc12. The van der Waals surface area contributed by atoms with E-state index in [-0.39, 0.29) is 16.9 Å². The van der Waals surface area contributed by atoms with Crippen LogP contribution in [0, 0.1) is 0 Å². The number of carbonyl (C=O) groups excluding carboxylic acids is 2. The van der Waals surface area contributed by atoms with Crippen LogP contribution in [-0.4, -0.2) is 30.6 Å². The summed E-state index contributed by atoms with van der Waals surface area (Å²) in [6.45, 7) is 2.49. The molecule has 0 aromatic heterocycles. The molecule has 36 heavy (non-hydrogen) atoms. The summed E-state index contributed by atoms with van der Waals surface area (Å²) >= 11 is 8.66. The molecule has 4 rings (SSSR count). The van der Waals surface area contributed by atoms with E-state index in [1.165, 1.54) is 0 Å². The van der Waals surface area contributed by atoms with E-state index < -0.39 is 0 Å². The number of halogens is 1. The van der Waals surface area contributed by atoms with Gasteiger partial charge in [-0.15, -0.1) is 0 Å². The van der Waals surface area contributed by atoms with Crippen molar-refractivity contribution in [1.29, 1.82) is 0 Å². The van der Waals surface area contributed by atoms with Crippen LogP contribution in [0.4, 0.5) is 11.4 Å². The van der Waals surface area contributed by atoms with Crippen LogP contribution in [0.25, 0.3) is 10.8 Å². The predicted molar refractivity (Wildman–Crippen MR) is 152 cm³/mol. The van der Waals surface area contributed by atoms with Gasteiger partial charge in [0.1, 0.15) is 5.75 Å². The number of carbonyl (C=O) groups is 2. The minimum absolute atomic E-state index is 0.0960. The van der Waals surface area contributed by atoms with Crippen molar-refractivity contribution < 1.29 is 14.3 Å². The molecule has 6 nitrogen and oxygen atoms in total. The molecule has 0 aliphatic carbocycles. The zero-order chi connectivity index (χ0) is 25.7. The molecule has 182 valence electrons. The predicted octanol–water partition coefficient (Wildman–Crippen LogP) is 6.40. The summed E-state index contributed by atoms with van der Waals surface area (Å²) in [5, 5.41) is 7.90. The molecule has 0 heterocycles. The lowest BCUT2D eigenvalue weighted by Crippen LogP contribution is -2.34. The van der Waals surface area contributed by atoms with Crippen LogP contribution in [0.5, 0.6) is 5.75 Å². The number of benzene rings is 4. The summed E-state index contributed by atoms with van der Waals surface area (Å²) in [6.07, 6.45) is 0. The second kappa shape index (κ2) is 11.3. The second-order valence-corrected chi connectivity index (χ2v) is 9.15. The Bertz CT molecular complexity index is 1430. The molecule has 0 unspecified atom stereocenters. The normalized spacial score (nSPS) is 10.5. The van der Waals surface area contributed by atoms with Gasteiger partial charge in [-0.25, -0.2) is 0 Å². The van der Waals surface area contributed by atoms with Crippen molar-refractivity contribution in [2.45, 2.75) is 6.92 Å². The first-order valence-corrected chi connectivity index (χ1v) is 12.5. The first kappa shape index (κ1) is 25.3. The van der Waals surface area contributed by atoms with Crippen LogP contribution >= 0.6 is 28.1 Å². The molecule has 0 aliphatic rings. The Balaban J connectivity index is 1.43. The van der Waals surface area contributed by atoms with E-state index in [9.17, 15) is 9.59 Å². The maximum atomic E-state index is 13.3. The third-order valence-electron chi connectivity index (χ3n) is 5.65. The van der Waals surface area contributed by atoms with Crippen LogP contribution in [-0.2, 0) is 0 Å². The van der Waals surface area contributed by atoms with Crippen molar-refractivity contribution in [2.24, 2.45) is 0 Å². The molecule has 8 heteroatoms. The zero-order valence-electron chi connectivity index (χ0n) is 19.7. The molecule has 4 aromatic rings. The maximum absolute atomic E-state index is 13.3. The van der Waals surface area contributed by atoms with Crippen molar-refractivity contribution in [2.75, 3.05) is 23.9 Å². The number of nitrogens with one attached hydrogen (secondary N) is 2. The van der Waals surface area contributed by atoms with Crippen LogP contribution < -0.4 is 20.3 Å². The Kier molecular flexibility index (Phi) is 7.97. The lowest BCUT2D eigenvalue weighted by molar-refractivity contribution is 0.0973. The Morgan fingerprint density at radius 1 is 0.944 bits per heavy atom. The number of hydrogen-bond donors (Lipinski definition) is 2. The van der Waals surface area contributed by atoms with Gasteiger partial charge in [0.25, 0.3) is 11.8 Å². The molecule has 0 saturated heterocycles. The largest absolute Gasteiger partial charge is 0.496 e. The highest BCUT2D eigenvalue weighted by Crippen LogP contribution is 2.28. The van der Waals surface area contributed by atoms with E-state index in [2.05, 4.69) is 26.6 Å². The van der Waals surface area contributed by atoms with Gasteiger partial charge in [-0.2, -0.15) is 0 Å². The highest BCUT2D eigenvalue weighted by molar-refractivity contribution is 9.10. The van der Waals surface area contributed by atoms with E-state index in [1.54, 1.807) is 54.5 Å². The van der Waals surface area contributed by atoms with Crippen LogP contribution in [0.1, 0.15) is 27.6 Å². The minimum atomic E-state index is -0.351. The summed E-state index contributed by atoms with van der Waals surface area (Å²) in [4.78, 5) is 27.6. The molecule has 0 fully saturated rings. The lowest BCUT2D eigenvalue weighted by Gasteiger charge is -2.23. The third kappa shape index (κ3) is 5.56. The van der Waals surface area contributed by atoms with Gasteiger partial charge in [-0.3, -0.25) is 14.9 Å². The molecule has 2 N–H and O–H groups in total. The highest BCUT2D eigenvalue weighted by Gasteiger charge is 2.18.